The molecule has 5 heterocycles. The van der Waals surface area contributed by atoms with E-state index in [1.54, 1.807) is 32.4 Å². The topological polar surface area (TPSA) is 174 Å². The highest BCUT2D eigenvalue weighted by atomic mass is 16.6. The van der Waals surface area contributed by atoms with Crippen LogP contribution in [-0.4, -0.2) is 77.1 Å². The Morgan fingerprint density at radius 2 is 2.11 bits per heavy atom. The van der Waals surface area contributed by atoms with Gasteiger partial charge in [-0.1, -0.05) is 38.7 Å². The Hall–Kier alpha value is -4.11. The lowest BCUT2D eigenvalue weighted by Gasteiger charge is -2.35. The smallest absolute Gasteiger partial charge is 0.374 e. The molecule has 0 spiro atoms. The van der Waals surface area contributed by atoms with Crippen LogP contribution in [0, 0.1) is 0 Å². The van der Waals surface area contributed by atoms with Gasteiger partial charge in [0.2, 0.25) is 17.6 Å². The quantitative estimate of drug-likeness (QED) is 0.167. The zero-order valence-corrected chi connectivity index (χ0v) is 27.4. The minimum absolute atomic E-state index is 0.0360. The van der Waals surface area contributed by atoms with Crippen molar-refractivity contribution in [3.05, 3.63) is 47.5 Å². The van der Waals surface area contributed by atoms with E-state index in [9.17, 15) is 14.7 Å². The van der Waals surface area contributed by atoms with Crippen molar-refractivity contribution in [1.82, 2.24) is 25.5 Å². The van der Waals surface area contributed by atoms with Crippen molar-refractivity contribution in [2.75, 3.05) is 25.3 Å². The molecule has 0 saturated carbocycles. The summed E-state index contributed by atoms with van der Waals surface area (Å²) in [5.74, 6) is 1.42. The molecule has 0 radical (unpaired) electrons. The van der Waals surface area contributed by atoms with E-state index >= 15 is 0 Å². The van der Waals surface area contributed by atoms with Crippen molar-refractivity contribution in [2.24, 2.45) is 5.73 Å². The number of amides is 1. The molecule has 1 aromatic heterocycles. The Labute approximate surface area is 274 Å². The zero-order chi connectivity index (χ0) is 33.3. The van der Waals surface area contributed by atoms with E-state index in [1.807, 2.05) is 28.7 Å². The van der Waals surface area contributed by atoms with E-state index in [4.69, 9.17) is 24.7 Å². The highest BCUT2D eigenvalue weighted by Crippen LogP contribution is 2.50. The monoisotopic (exact) mass is 651 g/mol. The van der Waals surface area contributed by atoms with Crippen molar-refractivity contribution < 1.29 is 33.6 Å². The number of imidazole rings is 1. The number of aliphatic hydroxyl groups is 1. The Morgan fingerprint density at radius 1 is 1.28 bits per heavy atom. The number of carbonyl (C=O) groups excluding carboxylic acids is 2. The number of hydrogen-bond acceptors (Lipinski definition) is 12. The van der Waals surface area contributed by atoms with Crippen molar-refractivity contribution in [2.45, 2.75) is 96.0 Å². The molecule has 1 amide bonds. The summed E-state index contributed by atoms with van der Waals surface area (Å²) in [7, 11) is 1.59. The van der Waals surface area contributed by atoms with Gasteiger partial charge in [-0.3, -0.25) is 21.2 Å². The summed E-state index contributed by atoms with van der Waals surface area (Å²) in [5, 5.41) is 20.5. The number of esters is 1. The molecule has 0 aliphatic carbocycles. The summed E-state index contributed by atoms with van der Waals surface area (Å²) < 4.78 is 25.7. The summed E-state index contributed by atoms with van der Waals surface area (Å²) in [6.45, 7) is 6.68. The van der Waals surface area contributed by atoms with Crippen LogP contribution in [0.1, 0.15) is 64.0 Å². The van der Waals surface area contributed by atoms with Crippen LogP contribution < -0.4 is 40.8 Å². The van der Waals surface area contributed by atoms with Crippen LogP contribution >= 0.6 is 0 Å². The van der Waals surface area contributed by atoms with Crippen molar-refractivity contribution in [3.63, 3.8) is 0 Å². The van der Waals surface area contributed by atoms with Gasteiger partial charge in [-0.05, 0) is 31.9 Å². The van der Waals surface area contributed by atoms with Crippen LogP contribution in [0.15, 0.2) is 36.4 Å². The van der Waals surface area contributed by atoms with Crippen molar-refractivity contribution in [1.29, 1.82) is 0 Å². The van der Waals surface area contributed by atoms with E-state index in [-0.39, 0.29) is 24.4 Å². The van der Waals surface area contributed by atoms with Gasteiger partial charge in [0, 0.05) is 37.0 Å². The van der Waals surface area contributed by atoms with Gasteiger partial charge in [0.1, 0.15) is 41.8 Å². The molecular weight excluding hydrogens is 606 g/mol. The summed E-state index contributed by atoms with van der Waals surface area (Å²) >= 11 is 0. The molecule has 6 N–H and O–H groups in total. The first kappa shape index (κ1) is 32.8. The minimum Gasteiger partial charge on any atom is -0.496 e. The molecule has 2 saturated heterocycles. The minimum atomic E-state index is -1.04. The molecule has 5 unspecified atom stereocenters. The fourth-order valence-corrected chi connectivity index (χ4v) is 6.73. The molecule has 2 fully saturated rings. The molecule has 6 rings (SSSR count). The second-order valence-electron chi connectivity index (χ2n) is 12.5. The normalized spacial score (nSPS) is 25.1. The average Bonchev–Trinajstić information content (AvgIpc) is 3.79. The highest BCUT2D eigenvalue weighted by molar-refractivity contribution is 5.96. The summed E-state index contributed by atoms with van der Waals surface area (Å²) in [6, 6.07) is 1.28. The van der Waals surface area contributed by atoms with E-state index in [0.717, 1.165) is 31.2 Å². The lowest BCUT2D eigenvalue weighted by Crippen LogP contribution is -2.70. The Balaban J connectivity index is 1.31. The van der Waals surface area contributed by atoms with Gasteiger partial charge in [0.25, 0.3) is 0 Å². The van der Waals surface area contributed by atoms with Crippen LogP contribution in [0.25, 0.3) is 5.57 Å². The number of nitrogens with one attached hydrogen (secondary N) is 3. The third-order valence-corrected chi connectivity index (χ3v) is 9.19. The standard InChI is InChI=1S/C33H45N7O7/c1-5-7-8-9-11-33(3,43)24-16-20-21(47-24)17-22-25(27(20)44-4)19(15-23(46-22)30(42)45-6-2)10-13-39-14-12-35-32(39)40-18-36-26-28(40)37-31(34)38-29(26)41/h10,12,14-15,17,24,26,28,31,36-37,43H,5-9,11,13,16,18,34H2,1-4H3,(H,38,41). The Bertz CT molecular complexity index is 1570. The van der Waals surface area contributed by atoms with Gasteiger partial charge in [-0.25, -0.2) is 9.78 Å². The van der Waals surface area contributed by atoms with Gasteiger partial charge in [-0.2, -0.15) is 0 Å². The van der Waals surface area contributed by atoms with Crippen LogP contribution in [0.4, 0.5) is 5.95 Å². The molecular formula is C33H45N7O7. The fourth-order valence-electron chi connectivity index (χ4n) is 6.73. The van der Waals surface area contributed by atoms with E-state index < -0.39 is 30.0 Å². The number of unbranched alkanes of at least 4 members (excludes halogenated alkanes) is 3. The maximum Gasteiger partial charge on any atom is 0.374 e. The Morgan fingerprint density at radius 3 is 2.87 bits per heavy atom. The van der Waals surface area contributed by atoms with Crippen LogP contribution in [0.5, 0.6) is 17.2 Å². The predicted octanol–water partition coefficient (Wildman–Crippen LogP) is 1.86. The van der Waals surface area contributed by atoms with Gasteiger partial charge >= 0.3 is 5.97 Å². The number of rotatable bonds is 12. The third kappa shape index (κ3) is 6.42. The van der Waals surface area contributed by atoms with Crippen molar-refractivity contribution in [3.8, 4) is 17.2 Å². The van der Waals surface area contributed by atoms with Crippen LogP contribution in [0.3, 0.4) is 0 Å². The highest BCUT2D eigenvalue weighted by Gasteiger charge is 2.45. The molecule has 14 heteroatoms. The number of anilines is 1. The number of aromatic nitrogens is 2. The molecule has 0 bridgehead atoms. The maximum atomic E-state index is 12.9. The van der Waals surface area contributed by atoms with E-state index in [1.165, 1.54) is 0 Å². The number of benzene rings is 1. The van der Waals surface area contributed by atoms with E-state index in [0.29, 0.717) is 60.4 Å². The SMILES string of the molecule is CCCCCCC(C)(O)C1Cc2c(cc3c(c2OC)C(=CCn2ccnc2N2CNC4C(=O)NC(N)NC42)C=C(C(=O)OCC)O3)O1. The molecule has 4 aliphatic heterocycles. The molecule has 14 nitrogen and oxygen atoms in total. The summed E-state index contributed by atoms with van der Waals surface area (Å²) in [5.41, 5.74) is 7.17. The fraction of sp³-hybridized carbons (Fsp3) is 0.545. The van der Waals surface area contributed by atoms with Gasteiger partial charge in [0.05, 0.1) is 31.5 Å². The molecule has 2 aromatic rings. The number of nitrogens with zero attached hydrogens (tertiary/aromatic N) is 3. The first-order valence-corrected chi connectivity index (χ1v) is 16.4. The second kappa shape index (κ2) is 13.6. The summed E-state index contributed by atoms with van der Waals surface area (Å²) in [4.78, 5) is 32.0. The molecule has 47 heavy (non-hydrogen) atoms. The van der Waals surface area contributed by atoms with E-state index in [2.05, 4.69) is 27.9 Å². The number of ether oxygens (including phenoxy) is 4. The zero-order valence-electron chi connectivity index (χ0n) is 27.4. The van der Waals surface area contributed by atoms with Gasteiger partial charge in [0.15, 0.2) is 0 Å². The van der Waals surface area contributed by atoms with Crippen LogP contribution in [0.2, 0.25) is 0 Å². The average molecular weight is 652 g/mol. The largest absolute Gasteiger partial charge is 0.496 e. The molecule has 5 atom stereocenters. The third-order valence-electron chi connectivity index (χ3n) is 9.19. The molecule has 4 aliphatic rings. The Kier molecular flexibility index (Phi) is 9.46. The first-order valence-electron chi connectivity index (χ1n) is 16.4. The number of carbonyl (C=O) groups is 2. The second-order valence-corrected chi connectivity index (χ2v) is 12.5. The predicted molar refractivity (Wildman–Crippen MR) is 173 cm³/mol. The molecule has 254 valence electrons. The first-order chi connectivity index (χ1) is 22.6. The lowest BCUT2D eigenvalue weighted by molar-refractivity contribution is -0.141. The van der Waals surface area contributed by atoms with Gasteiger partial charge in [-0.15, -0.1) is 0 Å². The number of fused-ring (bicyclic) bond motifs is 3. The lowest BCUT2D eigenvalue weighted by atomic mass is 9.88. The maximum absolute atomic E-state index is 12.9. The number of methoxy groups -OCH3 is 1. The number of hydrogen-bond donors (Lipinski definition) is 5. The number of allylic oxidation sites excluding steroid dienone is 3. The van der Waals surface area contributed by atoms with Gasteiger partial charge < -0.3 is 38.8 Å². The van der Waals surface area contributed by atoms with Crippen molar-refractivity contribution >= 4 is 23.4 Å². The number of nitrogens with two attached hydrogens (primary N) is 1. The summed E-state index contributed by atoms with van der Waals surface area (Å²) in [6.07, 6.45) is 10.9. The van der Waals surface area contributed by atoms with Crippen LogP contribution in [-0.2, 0) is 27.3 Å². The molecule has 1 aromatic carbocycles.